The van der Waals surface area contributed by atoms with Crippen LogP contribution in [0.15, 0.2) is 18.2 Å². The molecule has 0 atom stereocenters. The molecule has 0 aliphatic carbocycles. The third-order valence-electron chi connectivity index (χ3n) is 2.75. The van der Waals surface area contributed by atoms with Crippen molar-refractivity contribution in [3.63, 3.8) is 0 Å². The molecule has 0 unspecified atom stereocenters. The van der Waals surface area contributed by atoms with Gasteiger partial charge in [0, 0.05) is 30.9 Å². The van der Waals surface area contributed by atoms with Crippen LogP contribution in [-0.4, -0.2) is 30.8 Å². The SMILES string of the molecule is Cc1c(O)cccc1C(=O)NCCCOCC(C)C. The maximum absolute atomic E-state index is 11.9. The van der Waals surface area contributed by atoms with Crippen LogP contribution in [0.25, 0.3) is 0 Å². The number of carbonyl (C=O) groups excluding carboxylic acids is 1. The lowest BCUT2D eigenvalue weighted by atomic mass is 10.1. The highest BCUT2D eigenvalue weighted by Crippen LogP contribution is 2.19. The van der Waals surface area contributed by atoms with Gasteiger partial charge in [0.15, 0.2) is 0 Å². The first-order valence-electron chi connectivity index (χ1n) is 6.67. The monoisotopic (exact) mass is 265 g/mol. The summed E-state index contributed by atoms with van der Waals surface area (Å²) in [5, 5.41) is 12.4. The van der Waals surface area contributed by atoms with E-state index in [9.17, 15) is 9.90 Å². The lowest BCUT2D eigenvalue weighted by molar-refractivity contribution is 0.0924. The molecular weight excluding hydrogens is 242 g/mol. The third-order valence-corrected chi connectivity index (χ3v) is 2.75. The fourth-order valence-electron chi connectivity index (χ4n) is 1.66. The average molecular weight is 265 g/mol. The van der Waals surface area contributed by atoms with Crippen molar-refractivity contribution in [3.8, 4) is 5.75 Å². The first-order valence-corrected chi connectivity index (χ1v) is 6.67. The van der Waals surface area contributed by atoms with Crippen LogP contribution in [0, 0.1) is 12.8 Å². The van der Waals surface area contributed by atoms with Crippen molar-refractivity contribution in [2.45, 2.75) is 27.2 Å². The quantitative estimate of drug-likeness (QED) is 0.745. The zero-order valence-electron chi connectivity index (χ0n) is 11.9. The number of phenolic OH excluding ortho intramolecular Hbond substituents is 1. The summed E-state index contributed by atoms with van der Waals surface area (Å²) in [4.78, 5) is 11.9. The van der Waals surface area contributed by atoms with Gasteiger partial charge in [-0.2, -0.15) is 0 Å². The normalized spacial score (nSPS) is 10.7. The van der Waals surface area contributed by atoms with Gasteiger partial charge in [0.2, 0.25) is 0 Å². The van der Waals surface area contributed by atoms with Crippen molar-refractivity contribution in [1.82, 2.24) is 5.32 Å². The second-order valence-corrected chi connectivity index (χ2v) is 5.03. The standard InChI is InChI=1S/C15H23NO3/c1-11(2)10-19-9-5-8-16-15(18)13-6-4-7-14(17)12(13)3/h4,6-7,11,17H,5,8-10H2,1-3H3,(H,16,18). The van der Waals surface area contributed by atoms with E-state index in [1.807, 2.05) is 0 Å². The smallest absolute Gasteiger partial charge is 0.251 e. The highest BCUT2D eigenvalue weighted by atomic mass is 16.5. The van der Waals surface area contributed by atoms with E-state index in [4.69, 9.17) is 4.74 Å². The highest BCUT2D eigenvalue weighted by Gasteiger charge is 2.10. The summed E-state index contributed by atoms with van der Waals surface area (Å²) in [5.41, 5.74) is 1.12. The summed E-state index contributed by atoms with van der Waals surface area (Å²) >= 11 is 0. The van der Waals surface area contributed by atoms with Crippen LogP contribution in [0.2, 0.25) is 0 Å². The van der Waals surface area contributed by atoms with E-state index in [-0.39, 0.29) is 11.7 Å². The van der Waals surface area contributed by atoms with Crippen LogP contribution >= 0.6 is 0 Å². The Bertz CT molecular complexity index is 416. The number of nitrogens with one attached hydrogen (secondary N) is 1. The second kappa shape index (κ2) is 7.79. The molecule has 4 nitrogen and oxygen atoms in total. The van der Waals surface area contributed by atoms with E-state index in [0.717, 1.165) is 13.0 Å². The molecule has 0 fully saturated rings. The fourth-order valence-corrected chi connectivity index (χ4v) is 1.66. The Labute approximate surface area is 114 Å². The molecule has 1 aromatic carbocycles. The van der Waals surface area contributed by atoms with Crippen molar-refractivity contribution in [3.05, 3.63) is 29.3 Å². The van der Waals surface area contributed by atoms with Gasteiger partial charge in [-0.15, -0.1) is 0 Å². The number of phenols is 1. The molecule has 0 saturated carbocycles. The summed E-state index contributed by atoms with van der Waals surface area (Å²) in [5.74, 6) is 0.523. The van der Waals surface area contributed by atoms with Crippen LogP contribution in [-0.2, 0) is 4.74 Å². The zero-order valence-corrected chi connectivity index (χ0v) is 11.9. The van der Waals surface area contributed by atoms with E-state index in [2.05, 4.69) is 19.2 Å². The van der Waals surface area contributed by atoms with Gasteiger partial charge in [-0.1, -0.05) is 19.9 Å². The summed E-state index contributed by atoms with van der Waals surface area (Å²) in [6.07, 6.45) is 0.788. The number of rotatable bonds is 7. The van der Waals surface area contributed by atoms with E-state index < -0.39 is 0 Å². The van der Waals surface area contributed by atoms with Gasteiger partial charge in [0.25, 0.3) is 5.91 Å². The van der Waals surface area contributed by atoms with Gasteiger partial charge in [-0.25, -0.2) is 0 Å². The minimum atomic E-state index is -0.155. The number of ether oxygens (including phenoxy) is 1. The minimum absolute atomic E-state index is 0.146. The Hall–Kier alpha value is -1.55. The molecule has 1 amide bonds. The summed E-state index contributed by atoms with van der Waals surface area (Å²) in [6.45, 7) is 7.91. The van der Waals surface area contributed by atoms with Crippen molar-refractivity contribution in [1.29, 1.82) is 0 Å². The molecule has 0 heterocycles. The molecule has 0 radical (unpaired) electrons. The fraction of sp³-hybridized carbons (Fsp3) is 0.533. The maximum atomic E-state index is 11.9. The molecule has 1 aromatic rings. The molecule has 0 aromatic heterocycles. The molecule has 2 N–H and O–H groups in total. The number of amides is 1. The number of hydrogen-bond donors (Lipinski definition) is 2. The van der Waals surface area contributed by atoms with E-state index >= 15 is 0 Å². The van der Waals surface area contributed by atoms with Gasteiger partial charge in [-0.05, 0) is 31.4 Å². The van der Waals surface area contributed by atoms with Crippen molar-refractivity contribution < 1.29 is 14.6 Å². The molecule has 4 heteroatoms. The van der Waals surface area contributed by atoms with Crippen LogP contribution in [0.3, 0.4) is 0 Å². The van der Waals surface area contributed by atoms with Gasteiger partial charge < -0.3 is 15.2 Å². The van der Waals surface area contributed by atoms with Gasteiger partial charge in [-0.3, -0.25) is 4.79 Å². The van der Waals surface area contributed by atoms with E-state index in [1.165, 1.54) is 0 Å². The van der Waals surface area contributed by atoms with Crippen LogP contribution in [0.1, 0.15) is 36.2 Å². The molecule has 0 aliphatic heterocycles. The molecular formula is C15H23NO3. The van der Waals surface area contributed by atoms with Crippen molar-refractivity contribution >= 4 is 5.91 Å². The van der Waals surface area contributed by atoms with Crippen molar-refractivity contribution in [2.75, 3.05) is 19.8 Å². The van der Waals surface area contributed by atoms with E-state index in [1.54, 1.807) is 25.1 Å². The van der Waals surface area contributed by atoms with Gasteiger partial charge in [0.05, 0.1) is 0 Å². The summed E-state index contributed by atoms with van der Waals surface area (Å²) in [6, 6.07) is 4.95. The summed E-state index contributed by atoms with van der Waals surface area (Å²) in [7, 11) is 0. The maximum Gasteiger partial charge on any atom is 0.251 e. The lowest BCUT2D eigenvalue weighted by Crippen LogP contribution is -2.26. The minimum Gasteiger partial charge on any atom is -0.508 e. The molecule has 106 valence electrons. The van der Waals surface area contributed by atoms with Crippen molar-refractivity contribution in [2.24, 2.45) is 5.92 Å². The second-order valence-electron chi connectivity index (χ2n) is 5.03. The lowest BCUT2D eigenvalue weighted by Gasteiger charge is -2.09. The predicted molar refractivity (Wildman–Crippen MR) is 75.5 cm³/mol. The molecule has 1 rings (SSSR count). The van der Waals surface area contributed by atoms with Gasteiger partial charge >= 0.3 is 0 Å². The Morgan fingerprint density at radius 1 is 1.42 bits per heavy atom. The van der Waals surface area contributed by atoms with E-state index in [0.29, 0.717) is 30.2 Å². The van der Waals surface area contributed by atoms with Crippen LogP contribution in [0.4, 0.5) is 0 Å². The first-order chi connectivity index (χ1) is 9.02. The Kier molecular flexibility index (Phi) is 6.36. The number of hydrogen-bond acceptors (Lipinski definition) is 3. The summed E-state index contributed by atoms with van der Waals surface area (Å²) < 4.78 is 5.43. The first kappa shape index (κ1) is 15.5. The van der Waals surface area contributed by atoms with Crippen LogP contribution in [0.5, 0.6) is 5.75 Å². The zero-order chi connectivity index (χ0) is 14.3. The largest absolute Gasteiger partial charge is 0.508 e. The number of carbonyl (C=O) groups is 1. The van der Waals surface area contributed by atoms with Gasteiger partial charge in [0.1, 0.15) is 5.75 Å². The number of aromatic hydroxyl groups is 1. The Morgan fingerprint density at radius 3 is 2.84 bits per heavy atom. The molecule has 0 bridgehead atoms. The Balaban J connectivity index is 2.30. The Morgan fingerprint density at radius 2 is 2.16 bits per heavy atom. The number of benzene rings is 1. The highest BCUT2D eigenvalue weighted by molar-refractivity contribution is 5.96. The third kappa shape index (κ3) is 5.30. The molecule has 0 spiro atoms. The molecule has 19 heavy (non-hydrogen) atoms. The van der Waals surface area contributed by atoms with Crippen LogP contribution < -0.4 is 5.32 Å². The molecule has 0 aliphatic rings. The molecule has 0 saturated heterocycles. The average Bonchev–Trinajstić information content (AvgIpc) is 2.36. The topological polar surface area (TPSA) is 58.6 Å². The predicted octanol–water partition coefficient (Wildman–Crippen LogP) is 2.49.